The van der Waals surface area contributed by atoms with Gasteiger partial charge in [0.05, 0.1) is 5.69 Å². The summed E-state index contributed by atoms with van der Waals surface area (Å²) in [5, 5.41) is 5.65. The van der Waals surface area contributed by atoms with Crippen molar-refractivity contribution in [2.24, 2.45) is 0 Å². The lowest BCUT2D eigenvalue weighted by molar-refractivity contribution is 0.427. The van der Waals surface area contributed by atoms with E-state index in [2.05, 4.69) is 25.8 Å². The van der Waals surface area contributed by atoms with Crippen molar-refractivity contribution in [1.29, 1.82) is 0 Å². The van der Waals surface area contributed by atoms with E-state index in [1.165, 1.54) is 0 Å². The number of aryl methyl sites for hydroxylation is 1. The molecule has 0 aliphatic rings. The van der Waals surface area contributed by atoms with Crippen molar-refractivity contribution >= 4 is 43.0 Å². The Hall–Kier alpha value is -1.64. The number of sulfonamides is 1. The van der Waals surface area contributed by atoms with Gasteiger partial charge in [-0.05, 0) is 44.2 Å². The van der Waals surface area contributed by atoms with Crippen molar-refractivity contribution < 1.29 is 12.9 Å². The molecule has 120 valence electrons. The van der Waals surface area contributed by atoms with E-state index in [1.54, 1.807) is 35.7 Å². The number of nitrogens with one attached hydrogen (secondary N) is 1. The summed E-state index contributed by atoms with van der Waals surface area (Å²) in [7, 11) is -3.63. The molecule has 2 aromatic heterocycles. The first-order chi connectivity index (χ1) is 10.9. The average molecular weight is 413 g/mol. The van der Waals surface area contributed by atoms with Gasteiger partial charge in [0.1, 0.15) is 4.21 Å². The molecule has 23 heavy (non-hydrogen) atoms. The number of benzene rings is 1. The van der Waals surface area contributed by atoms with Crippen LogP contribution in [0.25, 0.3) is 11.3 Å². The second-order valence-corrected chi connectivity index (χ2v) is 8.73. The molecule has 0 unspecified atom stereocenters. The Kier molecular flexibility index (Phi) is 4.31. The van der Waals surface area contributed by atoms with Gasteiger partial charge in [0.25, 0.3) is 10.0 Å². The average Bonchev–Trinajstić information content (AvgIpc) is 3.10. The molecule has 0 atom stereocenters. The van der Waals surface area contributed by atoms with Gasteiger partial charge in [-0.25, -0.2) is 8.42 Å². The van der Waals surface area contributed by atoms with Crippen LogP contribution in [0.3, 0.4) is 0 Å². The Morgan fingerprint density at radius 3 is 2.52 bits per heavy atom. The molecule has 8 heteroatoms. The molecule has 0 fully saturated rings. The third-order valence-corrected chi connectivity index (χ3v) is 6.71. The number of halogens is 1. The van der Waals surface area contributed by atoms with Crippen molar-refractivity contribution in [3.8, 4) is 11.3 Å². The highest BCUT2D eigenvalue weighted by atomic mass is 79.9. The van der Waals surface area contributed by atoms with Crippen LogP contribution in [0.1, 0.15) is 11.3 Å². The Labute approximate surface area is 146 Å². The van der Waals surface area contributed by atoms with Crippen LogP contribution >= 0.6 is 27.3 Å². The van der Waals surface area contributed by atoms with Gasteiger partial charge in [-0.1, -0.05) is 21.1 Å². The molecule has 0 spiro atoms. The first-order valence-electron chi connectivity index (χ1n) is 6.67. The fourth-order valence-corrected chi connectivity index (χ4v) is 4.47. The molecule has 0 saturated carbocycles. The van der Waals surface area contributed by atoms with Crippen molar-refractivity contribution in [3.05, 3.63) is 51.4 Å². The largest absolute Gasteiger partial charge is 0.356 e. The fourth-order valence-electron chi connectivity index (χ4n) is 1.98. The molecule has 3 aromatic rings. The highest BCUT2D eigenvalue weighted by Gasteiger charge is 2.20. The number of rotatable bonds is 4. The molecule has 1 aromatic carbocycles. The predicted octanol–water partition coefficient (Wildman–Crippen LogP) is 4.58. The summed E-state index contributed by atoms with van der Waals surface area (Å²) < 4.78 is 33.9. The van der Waals surface area contributed by atoms with Crippen LogP contribution in [0.5, 0.6) is 0 Å². The third-order valence-electron chi connectivity index (χ3n) is 3.36. The number of anilines is 1. The van der Waals surface area contributed by atoms with Crippen LogP contribution in [0.15, 0.2) is 48.9 Å². The summed E-state index contributed by atoms with van der Waals surface area (Å²) in [6, 6.07) is 8.54. The minimum absolute atomic E-state index is 0.226. The van der Waals surface area contributed by atoms with Gasteiger partial charge in [-0.3, -0.25) is 4.72 Å². The van der Waals surface area contributed by atoms with E-state index in [1.807, 2.05) is 13.8 Å². The van der Waals surface area contributed by atoms with Gasteiger partial charge in [-0.15, -0.1) is 11.3 Å². The minimum Gasteiger partial charge on any atom is -0.356 e. The highest BCUT2D eigenvalue weighted by molar-refractivity contribution is 9.10. The summed E-state index contributed by atoms with van der Waals surface area (Å²) >= 11 is 4.46. The number of hydrogen-bond donors (Lipinski definition) is 1. The topological polar surface area (TPSA) is 72.2 Å². The maximum atomic E-state index is 12.5. The van der Waals surface area contributed by atoms with Crippen molar-refractivity contribution in [1.82, 2.24) is 5.16 Å². The van der Waals surface area contributed by atoms with E-state index in [0.717, 1.165) is 27.1 Å². The Morgan fingerprint density at radius 1 is 1.22 bits per heavy atom. The van der Waals surface area contributed by atoms with E-state index in [4.69, 9.17) is 4.52 Å². The molecule has 0 amide bonds. The van der Waals surface area contributed by atoms with Crippen LogP contribution in [0.4, 0.5) is 5.69 Å². The summed E-state index contributed by atoms with van der Waals surface area (Å²) in [4.78, 5) is 0. The number of aromatic nitrogens is 1. The van der Waals surface area contributed by atoms with Gasteiger partial charge < -0.3 is 4.52 Å². The first-order valence-corrected chi connectivity index (χ1v) is 9.82. The lowest BCUT2D eigenvalue weighted by atomic mass is 10.1. The molecular weight excluding hydrogens is 400 g/mol. The van der Waals surface area contributed by atoms with E-state index >= 15 is 0 Å². The quantitative estimate of drug-likeness (QED) is 0.680. The van der Waals surface area contributed by atoms with Gasteiger partial charge in [0.2, 0.25) is 0 Å². The van der Waals surface area contributed by atoms with E-state index in [-0.39, 0.29) is 4.21 Å². The van der Waals surface area contributed by atoms with Crippen LogP contribution in [-0.4, -0.2) is 13.6 Å². The Balaban J connectivity index is 1.89. The molecule has 3 rings (SSSR count). The van der Waals surface area contributed by atoms with Gasteiger partial charge in [-0.2, -0.15) is 0 Å². The van der Waals surface area contributed by atoms with E-state index < -0.39 is 10.0 Å². The molecule has 0 bridgehead atoms. The smallest absolute Gasteiger partial charge is 0.271 e. The monoisotopic (exact) mass is 412 g/mol. The molecule has 1 N–H and O–H groups in total. The number of thiophene rings is 1. The van der Waals surface area contributed by atoms with Crippen molar-refractivity contribution in [2.75, 3.05) is 4.72 Å². The zero-order chi connectivity index (χ0) is 16.6. The SMILES string of the molecule is Cc1noc(-c2csc(S(=O)(=O)Nc3ccc(Br)cc3)c2)c1C. The maximum absolute atomic E-state index is 12.5. The molecule has 0 radical (unpaired) electrons. The third kappa shape index (κ3) is 3.34. The predicted molar refractivity (Wildman–Crippen MR) is 94.2 cm³/mol. The van der Waals surface area contributed by atoms with Crippen LogP contribution in [0.2, 0.25) is 0 Å². The molecule has 5 nitrogen and oxygen atoms in total. The zero-order valence-corrected chi connectivity index (χ0v) is 15.5. The van der Waals surface area contributed by atoms with Crippen LogP contribution in [-0.2, 0) is 10.0 Å². The highest BCUT2D eigenvalue weighted by Crippen LogP contribution is 2.32. The molecular formula is C15H13BrN2O3S2. The summed E-state index contributed by atoms with van der Waals surface area (Å²) in [5.41, 5.74) is 2.93. The Bertz CT molecular complexity index is 944. The molecule has 0 aliphatic heterocycles. The van der Waals surface area contributed by atoms with E-state index in [9.17, 15) is 8.42 Å². The van der Waals surface area contributed by atoms with Crippen molar-refractivity contribution in [3.63, 3.8) is 0 Å². The van der Waals surface area contributed by atoms with E-state index in [0.29, 0.717) is 17.0 Å². The minimum atomic E-state index is -3.63. The zero-order valence-electron chi connectivity index (χ0n) is 12.3. The lowest BCUT2D eigenvalue weighted by Crippen LogP contribution is -2.11. The van der Waals surface area contributed by atoms with Gasteiger partial charge in [0.15, 0.2) is 5.76 Å². The summed E-state index contributed by atoms with van der Waals surface area (Å²) in [6.07, 6.45) is 0. The first kappa shape index (κ1) is 16.2. The van der Waals surface area contributed by atoms with Crippen LogP contribution in [0, 0.1) is 13.8 Å². The maximum Gasteiger partial charge on any atom is 0.271 e. The lowest BCUT2D eigenvalue weighted by Gasteiger charge is -2.05. The second-order valence-electron chi connectivity index (χ2n) is 4.99. The molecule has 0 saturated heterocycles. The number of nitrogens with zero attached hydrogens (tertiary/aromatic N) is 1. The standard InChI is InChI=1S/C15H13BrN2O3S2/c1-9-10(2)17-21-15(9)11-7-14(22-8-11)23(19,20)18-13-5-3-12(16)4-6-13/h3-8,18H,1-2H3. The Morgan fingerprint density at radius 2 is 1.91 bits per heavy atom. The molecule has 2 heterocycles. The fraction of sp³-hybridized carbons (Fsp3) is 0.133. The summed E-state index contributed by atoms with van der Waals surface area (Å²) in [5.74, 6) is 0.601. The summed E-state index contributed by atoms with van der Waals surface area (Å²) in [6.45, 7) is 3.74. The number of hydrogen-bond acceptors (Lipinski definition) is 5. The van der Waals surface area contributed by atoms with Crippen LogP contribution < -0.4 is 4.72 Å². The van der Waals surface area contributed by atoms with Crippen molar-refractivity contribution in [2.45, 2.75) is 18.1 Å². The van der Waals surface area contributed by atoms with Gasteiger partial charge >= 0.3 is 0 Å². The van der Waals surface area contributed by atoms with Gasteiger partial charge in [0, 0.05) is 26.7 Å². The normalized spacial score (nSPS) is 11.6. The second kappa shape index (κ2) is 6.10. The molecule has 0 aliphatic carbocycles.